The summed E-state index contributed by atoms with van der Waals surface area (Å²) in [5.74, 6) is 0. The van der Waals surface area contributed by atoms with Crippen molar-refractivity contribution < 1.29 is 4.74 Å². The van der Waals surface area contributed by atoms with Gasteiger partial charge in [0.25, 0.3) is 0 Å². The van der Waals surface area contributed by atoms with Crippen LogP contribution in [-0.2, 0) is 11.3 Å². The summed E-state index contributed by atoms with van der Waals surface area (Å²) < 4.78 is 8.77. The van der Waals surface area contributed by atoms with Crippen molar-refractivity contribution >= 4 is 22.6 Å². The van der Waals surface area contributed by atoms with E-state index in [2.05, 4.69) is 47.7 Å². The minimum absolute atomic E-state index is 0.259. The Morgan fingerprint density at radius 2 is 2.13 bits per heavy atom. The summed E-state index contributed by atoms with van der Waals surface area (Å²) in [4.78, 5) is 0. The number of aromatic nitrogens is 2. The summed E-state index contributed by atoms with van der Waals surface area (Å²) in [6, 6.07) is 0.464. The summed E-state index contributed by atoms with van der Waals surface area (Å²) in [6.45, 7) is 9.04. The second-order valence-electron chi connectivity index (χ2n) is 4.02. The fraction of sp³-hybridized carbons (Fsp3) is 0.727. The van der Waals surface area contributed by atoms with Crippen molar-refractivity contribution in [1.29, 1.82) is 0 Å². The maximum absolute atomic E-state index is 5.55. The first-order valence-corrected chi connectivity index (χ1v) is 6.47. The van der Waals surface area contributed by atoms with Crippen molar-refractivity contribution in [2.45, 2.75) is 52.9 Å². The molecule has 0 aliphatic rings. The van der Waals surface area contributed by atoms with Crippen molar-refractivity contribution in [1.82, 2.24) is 9.78 Å². The van der Waals surface area contributed by atoms with Crippen LogP contribution in [0.15, 0.2) is 6.20 Å². The number of rotatable bonds is 5. The number of ether oxygens (including phenoxy) is 1. The fourth-order valence-electron chi connectivity index (χ4n) is 1.16. The van der Waals surface area contributed by atoms with Crippen LogP contribution in [0, 0.1) is 3.57 Å². The van der Waals surface area contributed by atoms with Crippen LogP contribution in [0.5, 0.6) is 0 Å². The van der Waals surface area contributed by atoms with Gasteiger partial charge in [-0.05, 0) is 49.8 Å². The van der Waals surface area contributed by atoms with Crippen LogP contribution >= 0.6 is 22.6 Å². The van der Waals surface area contributed by atoms with Crippen molar-refractivity contribution in [3.05, 3.63) is 15.5 Å². The Kier molecular flexibility index (Phi) is 5.05. The first-order chi connectivity index (χ1) is 7.04. The van der Waals surface area contributed by atoms with E-state index in [0.29, 0.717) is 12.6 Å². The molecule has 15 heavy (non-hydrogen) atoms. The Morgan fingerprint density at radius 3 is 2.67 bits per heavy atom. The van der Waals surface area contributed by atoms with Gasteiger partial charge in [0.1, 0.15) is 5.69 Å². The highest BCUT2D eigenvalue weighted by Gasteiger charge is 2.10. The molecule has 86 valence electrons. The number of hydrogen-bond donors (Lipinski definition) is 0. The van der Waals surface area contributed by atoms with Gasteiger partial charge >= 0.3 is 0 Å². The summed E-state index contributed by atoms with van der Waals surface area (Å²) in [7, 11) is 0. The second kappa shape index (κ2) is 5.84. The van der Waals surface area contributed by atoms with Gasteiger partial charge in [0.05, 0.1) is 16.3 Å². The largest absolute Gasteiger partial charge is 0.372 e. The highest BCUT2D eigenvalue weighted by Crippen LogP contribution is 2.16. The van der Waals surface area contributed by atoms with E-state index in [4.69, 9.17) is 4.74 Å². The topological polar surface area (TPSA) is 27.1 Å². The van der Waals surface area contributed by atoms with Crippen LogP contribution in [0.4, 0.5) is 0 Å². The van der Waals surface area contributed by atoms with Crippen molar-refractivity contribution in [2.24, 2.45) is 0 Å². The summed E-state index contributed by atoms with van der Waals surface area (Å²) in [5.41, 5.74) is 1.05. The van der Waals surface area contributed by atoms with E-state index in [1.165, 1.54) is 3.57 Å². The predicted molar refractivity (Wildman–Crippen MR) is 69.9 cm³/mol. The predicted octanol–water partition coefficient (Wildman–Crippen LogP) is 3.38. The quantitative estimate of drug-likeness (QED) is 0.777. The molecule has 0 aliphatic heterocycles. The van der Waals surface area contributed by atoms with Gasteiger partial charge in [0, 0.05) is 12.2 Å². The van der Waals surface area contributed by atoms with Crippen LogP contribution in [0.1, 0.15) is 45.9 Å². The Bertz CT molecular complexity index is 310. The standard InChI is InChI=1S/C11H19IN2O/c1-5-9(4)14-6-10(12)11(13-14)7-15-8(2)3/h6,8-9H,5,7H2,1-4H3. The van der Waals surface area contributed by atoms with Crippen LogP contribution in [0.2, 0.25) is 0 Å². The van der Waals surface area contributed by atoms with E-state index >= 15 is 0 Å². The van der Waals surface area contributed by atoms with Gasteiger partial charge in [-0.1, -0.05) is 6.92 Å². The van der Waals surface area contributed by atoms with Gasteiger partial charge in [-0.3, -0.25) is 4.68 Å². The summed E-state index contributed by atoms with van der Waals surface area (Å²) in [6.07, 6.45) is 3.45. The van der Waals surface area contributed by atoms with E-state index < -0.39 is 0 Å². The third-order valence-electron chi connectivity index (χ3n) is 2.35. The molecule has 0 amide bonds. The van der Waals surface area contributed by atoms with E-state index in [9.17, 15) is 0 Å². The lowest BCUT2D eigenvalue weighted by molar-refractivity contribution is 0.0627. The lowest BCUT2D eigenvalue weighted by Crippen LogP contribution is -2.07. The molecule has 0 N–H and O–H groups in total. The van der Waals surface area contributed by atoms with Gasteiger partial charge in [0.15, 0.2) is 0 Å². The number of hydrogen-bond acceptors (Lipinski definition) is 2. The molecule has 0 bridgehead atoms. The molecule has 3 nitrogen and oxygen atoms in total. The van der Waals surface area contributed by atoms with E-state index in [-0.39, 0.29) is 6.10 Å². The molecule has 0 aliphatic carbocycles. The maximum atomic E-state index is 5.55. The van der Waals surface area contributed by atoms with E-state index in [1.807, 2.05) is 18.5 Å². The molecule has 1 aromatic heterocycles. The molecule has 1 aromatic rings. The average Bonchev–Trinajstić information content (AvgIpc) is 2.55. The molecule has 0 fully saturated rings. The number of nitrogens with zero attached hydrogens (tertiary/aromatic N) is 2. The monoisotopic (exact) mass is 322 g/mol. The molecule has 4 heteroatoms. The first kappa shape index (κ1) is 13.0. The van der Waals surface area contributed by atoms with Crippen LogP contribution < -0.4 is 0 Å². The molecule has 0 spiro atoms. The second-order valence-corrected chi connectivity index (χ2v) is 5.18. The van der Waals surface area contributed by atoms with Gasteiger partial charge < -0.3 is 4.74 Å². The van der Waals surface area contributed by atoms with Crippen LogP contribution in [-0.4, -0.2) is 15.9 Å². The first-order valence-electron chi connectivity index (χ1n) is 5.39. The van der Waals surface area contributed by atoms with Crippen LogP contribution in [0.25, 0.3) is 0 Å². The molecule has 0 radical (unpaired) electrons. The molecule has 1 unspecified atom stereocenters. The summed E-state index contributed by atoms with van der Waals surface area (Å²) in [5, 5.41) is 4.54. The van der Waals surface area contributed by atoms with Gasteiger partial charge in [-0.15, -0.1) is 0 Å². The third kappa shape index (κ3) is 3.75. The molecular weight excluding hydrogens is 303 g/mol. The fourth-order valence-corrected chi connectivity index (χ4v) is 1.71. The minimum Gasteiger partial charge on any atom is -0.372 e. The zero-order chi connectivity index (χ0) is 11.4. The average molecular weight is 322 g/mol. The Morgan fingerprint density at radius 1 is 1.47 bits per heavy atom. The van der Waals surface area contributed by atoms with Gasteiger partial charge in [-0.2, -0.15) is 5.10 Å². The SMILES string of the molecule is CCC(C)n1cc(I)c(COC(C)C)n1. The zero-order valence-electron chi connectivity index (χ0n) is 9.83. The molecule has 1 atom stereocenters. The minimum atomic E-state index is 0.259. The molecule has 1 rings (SSSR count). The molecule has 0 saturated heterocycles. The highest BCUT2D eigenvalue weighted by molar-refractivity contribution is 14.1. The van der Waals surface area contributed by atoms with Crippen molar-refractivity contribution in [3.8, 4) is 0 Å². The van der Waals surface area contributed by atoms with Crippen molar-refractivity contribution in [2.75, 3.05) is 0 Å². The summed E-state index contributed by atoms with van der Waals surface area (Å²) >= 11 is 2.31. The third-order valence-corrected chi connectivity index (χ3v) is 3.25. The van der Waals surface area contributed by atoms with Gasteiger partial charge in [-0.25, -0.2) is 0 Å². The Hall–Kier alpha value is -0.100. The molecule has 0 saturated carbocycles. The van der Waals surface area contributed by atoms with E-state index in [0.717, 1.165) is 12.1 Å². The number of halogens is 1. The lowest BCUT2D eigenvalue weighted by atomic mass is 10.3. The lowest BCUT2D eigenvalue weighted by Gasteiger charge is -2.08. The van der Waals surface area contributed by atoms with Crippen molar-refractivity contribution in [3.63, 3.8) is 0 Å². The Balaban J connectivity index is 2.68. The molecular formula is C11H19IN2O. The highest BCUT2D eigenvalue weighted by atomic mass is 127. The smallest absolute Gasteiger partial charge is 0.101 e. The van der Waals surface area contributed by atoms with Crippen LogP contribution in [0.3, 0.4) is 0 Å². The molecule has 1 heterocycles. The maximum Gasteiger partial charge on any atom is 0.101 e. The van der Waals surface area contributed by atoms with E-state index in [1.54, 1.807) is 0 Å². The molecule has 0 aromatic carbocycles. The van der Waals surface area contributed by atoms with Gasteiger partial charge in [0.2, 0.25) is 0 Å². The normalized spacial score (nSPS) is 13.5. The Labute approximate surface area is 105 Å². The zero-order valence-corrected chi connectivity index (χ0v) is 12.0.